The van der Waals surface area contributed by atoms with Gasteiger partial charge in [0, 0.05) is 18.2 Å². The number of cyclic esters (lactones) is 1. The molecule has 142 valence electrons. The monoisotopic (exact) mass is 388 g/mol. The van der Waals surface area contributed by atoms with Gasteiger partial charge in [-0.25, -0.2) is 9.79 Å². The molecule has 0 saturated heterocycles. The largest absolute Gasteiger partial charge is 0.463 e. The third-order valence-electron chi connectivity index (χ3n) is 4.14. The topological polar surface area (TPSA) is 112 Å². The third kappa shape index (κ3) is 3.72. The van der Waals surface area contributed by atoms with Gasteiger partial charge in [0.05, 0.1) is 15.9 Å². The molecule has 2 aromatic carbocycles. The highest BCUT2D eigenvalue weighted by atomic mass is 16.6. The first-order valence-electron chi connectivity index (χ1n) is 8.47. The lowest BCUT2D eigenvalue weighted by Crippen LogP contribution is -2.06. The molecule has 0 bridgehead atoms. The van der Waals surface area contributed by atoms with E-state index in [4.69, 9.17) is 9.15 Å². The van der Waals surface area contributed by atoms with Crippen LogP contribution in [-0.4, -0.2) is 16.8 Å². The minimum absolute atomic E-state index is 0.0120. The molecular formula is C21H12N2O6. The van der Waals surface area contributed by atoms with Crippen LogP contribution in [0.3, 0.4) is 0 Å². The quantitative estimate of drug-likeness (QED) is 0.291. The Bertz CT molecular complexity index is 1300. The number of carbonyl (C=O) groups excluding carboxylic acids is 1. The lowest BCUT2D eigenvalue weighted by atomic mass is 10.1. The van der Waals surface area contributed by atoms with E-state index in [0.717, 1.165) is 0 Å². The number of nitro benzene ring substituents is 1. The van der Waals surface area contributed by atoms with E-state index in [2.05, 4.69) is 4.99 Å². The van der Waals surface area contributed by atoms with Crippen LogP contribution in [0.25, 0.3) is 23.1 Å². The van der Waals surface area contributed by atoms with Crippen LogP contribution in [0, 0.1) is 10.1 Å². The van der Waals surface area contributed by atoms with Crippen LogP contribution in [0.2, 0.25) is 0 Å². The Labute approximate surface area is 163 Å². The molecule has 2 heterocycles. The van der Waals surface area contributed by atoms with Crippen molar-refractivity contribution in [3.63, 3.8) is 0 Å². The number of aliphatic imine (C=N–C) groups is 1. The molecule has 8 heteroatoms. The van der Waals surface area contributed by atoms with Crippen LogP contribution in [-0.2, 0) is 9.53 Å². The van der Waals surface area contributed by atoms with E-state index >= 15 is 0 Å². The zero-order valence-corrected chi connectivity index (χ0v) is 14.8. The van der Waals surface area contributed by atoms with Gasteiger partial charge in [0.15, 0.2) is 11.1 Å². The predicted octanol–water partition coefficient (Wildman–Crippen LogP) is 3.71. The molecule has 0 N–H and O–H groups in total. The molecule has 0 fully saturated rings. The molecular weight excluding hydrogens is 376 g/mol. The summed E-state index contributed by atoms with van der Waals surface area (Å²) in [6.07, 6.45) is 5.51. The van der Waals surface area contributed by atoms with Crippen molar-refractivity contribution < 1.29 is 18.9 Å². The summed E-state index contributed by atoms with van der Waals surface area (Å²) in [4.78, 5) is 39.0. The highest BCUT2D eigenvalue weighted by Crippen LogP contribution is 2.18. The van der Waals surface area contributed by atoms with E-state index < -0.39 is 10.9 Å². The fourth-order valence-corrected chi connectivity index (χ4v) is 2.75. The smallest absolute Gasteiger partial charge is 0.363 e. The first kappa shape index (κ1) is 18.1. The minimum Gasteiger partial charge on any atom is -0.463 e. The van der Waals surface area contributed by atoms with Gasteiger partial charge in [0.2, 0.25) is 5.90 Å². The molecule has 0 spiro atoms. The number of benzene rings is 2. The number of fused-ring (bicyclic) bond motifs is 1. The molecule has 0 unspecified atom stereocenters. The van der Waals surface area contributed by atoms with Crippen LogP contribution in [0.15, 0.2) is 80.8 Å². The van der Waals surface area contributed by atoms with Gasteiger partial charge in [0.25, 0.3) is 5.69 Å². The van der Waals surface area contributed by atoms with E-state index in [-0.39, 0.29) is 28.3 Å². The number of non-ortho nitro benzene ring substituents is 1. The van der Waals surface area contributed by atoms with Gasteiger partial charge in [-0.2, -0.15) is 0 Å². The van der Waals surface area contributed by atoms with Gasteiger partial charge in [-0.15, -0.1) is 0 Å². The number of para-hydroxylation sites is 1. The Morgan fingerprint density at radius 2 is 1.86 bits per heavy atom. The van der Waals surface area contributed by atoms with Crippen molar-refractivity contribution in [2.75, 3.05) is 0 Å². The Balaban J connectivity index is 1.63. The lowest BCUT2D eigenvalue weighted by molar-refractivity contribution is -0.384. The molecule has 3 aromatic rings. The van der Waals surface area contributed by atoms with Crippen molar-refractivity contribution in [3.8, 4) is 0 Å². The van der Waals surface area contributed by atoms with Crippen molar-refractivity contribution in [3.05, 3.63) is 98.0 Å². The number of rotatable bonds is 4. The standard InChI is InChI=1S/C21H12N2O6/c24-20-14(12-28-18-7-2-1-6-16(18)20)11-17-21(25)29-19(22-17)9-8-13-4-3-5-15(10-13)23(26)27/h1-12H/b9-8+,17-11+. The molecule has 0 aliphatic carbocycles. The number of ether oxygens (including phenoxy) is 1. The molecule has 4 rings (SSSR count). The van der Waals surface area contributed by atoms with Crippen molar-refractivity contribution in [2.45, 2.75) is 0 Å². The Hall–Kier alpha value is -4.33. The first-order chi connectivity index (χ1) is 14.0. The molecule has 0 atom stereocenters. The SMILES string of the molecule is O=C1OC(/C=C/c2cccc([N+](=O)[O-])c2)=NC/1=C/c1coc2ccccc2c1=O. The maximum Gasteiger partial charge on any atom is 0.363 e. The second-order valence-corrected chi connectivity index (χ2v) is 6.07. The van der Waals surface area contributed by atoms with E-state index in [1.165, 1.54) is 36.6 Å². The van der Waals surface area contributed by atoms with Crippen LogP contribution >= 0.6 is 0 Å². The van der Waals surface area contributed by atoms with Gasteiger partial charge >= 0.3 is 5.97 Å². The summed E-state index contributed by atoms with van der Waals surface area (Å²) in [6, 6.07) is 12.7. The number of hydrogen-bond donors (Lipinski definition) is 0. The summed E-state index contributed by atoms with van der Waals surface area (Å²) in [5, 5.41) is 11.2. The Kier molecular flexibility index (Phi) is 4.58. The van der Waals surface area contributed by atoms with Gasteiger partial charge < -0.3 is 9.15 Å². The minimum atomic E-state index is -0.712. The van der Waals surface area contributed by atoms with Crippen molar-refractivity contribution in [1.29, 1.82) is 0 Å². The van der Waals surface area contributed by atoms with Crippen molar-refractivity contribution >= 4 is 40.7 Å². The molecule has 29 heavy (non-hydrogen) atoms. The van der Waals surface area contributed by atoms with Crippen LogP contribution < -0.4 is 5.43 Å². The third-order valence-corrected chi connectivity index (χ3v) is 4.14. The van der Waals surface area contributed by atoms with E-state index in [0.29, 0.717) is 16.5 Å². The average Bonchev–Trinajstić information content (AvgIpc) is 3.08. The fourth-order valence-electron chi connectivity index (χ4n) is 2.75. The number of nitro groups is 1. The van der Waals surface area contributed by atoms with Crippen LogP contribution in [0.5, 0.6) is 0 Å². The average molecular weight is 388 g/mol. The van der Waals surface area contributed by atoms with E-state index in [1.807, 2.05) is 0 Å². The predicted molar refractivity (Wildman–Crippen MR) is 106 cm³/mol. The highest BCUT2D eigenvalue weighted by molar-refractivity contribution is 6.11. The Morgan fingerprint density at radius 1 is 1.03 bits per heavy atom. The summed E-state index contributed by atoms with van der Waals surface area (Å²) in [5.74, 6) is -0.700. The van der Waals surface area contributed by atoms with Crippen molar-refractivity contribution in [1.82, 2.24) is 0 Å². The van der Waals surface area contributed by atoms with Crippen LogP contribution in [0.4, 0.5) is 5.69 Å². The van der Waals surface area contributed by atoms with Crippen LogP contribution in [0.1, 0.15) is 11.1 Å². The van der Waals surface area contributed by atoms with Gasteiger partial charge in [-0.05, 0) is 29.8 Å². The first-order valence-corrected chi connectivity index (χ1v) is 8.47. The maximum absolute atomic E-state index is 12.5. The zero-order valence-electron chi connectivity index (χ0n) is 14.8. The summed E-state index contributed by atoms with van der Waals surface area (Å²) in [6.45, 7) is 0. The summed E-state index contributed by atoms with van der Waals surface area (Å²) >= 11 is 0. The molecule has 1 aromatic heterocycles. The van der Waals surface area contributed by atoms with Gasteiger partial charge in [-0.1, -0.05) is 24.3 Å². The zero-order chi connectivity index (χ0) is 20.4. The maximum atomic E-state index is 12.5. The summed E-state index contributed by atoms with van der Waals surface area (Å²) in [7, 11) is 0. The second-order valence-electron chi connectivity index (χ2n) is 6.07. The number of esters is 1. The molecule has 8 nitrogen and oxygen atoms in total. The molecule has 0 saturated carbocycles. The van der Waals surface area contributed by atoms with Gasteiger partial charge in [-0.3, -0.25) is 14.9 Å². The van der Waals surface area contributed by atoms with E-state index in [9.17, 15) is 19.7 Å². The lowest BCUT2D eigenvalue weighted by Gasteiger charge is -1.97. The normalized spacial score (nSPS) is 15.1. The Morgan fingerprint density at radius 3 is 2.69 bits per heavy atom. The highest BCUT2D eigenvalue weighted by Gasteiger charge is 2.22. The van der Waals surface area contributed by atoms with Crippen molar-refractivity contribution in [2.24, 2.45) is 4.99 Å². The molecule has 1 aliphatic rings. The van der Waals surface area contributed by atoms with E-state index in [1.54, 1.807) is 36.4 Å². The second kappa shape index (κ2) is 7.35. The number of nitrogens with zero attached hydrogens (tertiary/aromatic N) is 2. The molecule has 1 aliphatic heterocycles. The summed E-state index contributed by atoms with van der Waals surface area (Å²) in [5.41, 5.74) is 0.766. The number of carbonyl (C=O) groups is 1. The fraction of sp³-hybridized carbons (Fsp3) is 0. The molecule has 0 amide bonds. The summed E-state index contributed by atoms with van der Waals surface area (Å²) < 4.78 is 10.5. The number of hydrogen-bond acceptors (Lipinski definition) is 7. The molecule has 0 radical (unpaired) electrons. The van der Waals surface area contributed by atoms with Gasteiger partial charge in [0.1, 0.15) is 11.8 Å².